The maximum Gasteiger partial charge on any atom is 0.242 e. The number of fused-ring (bicyclic) bond motifs is 1. The van der Waals surface area contributed by atoms with Gasteiger partial charge in [0.1, 0.15) is 0 Å². The molecule has 144 valence electrons. The van der Waals surface area contributed by atoms with Crippen molar-refractivity contribution >= 4 is 11.6 Å². The summed E-state index contributed by atoms with van der Waals surface area (Å²) in [6, 6.07) is 8.35. The normalized spacial score (nSPS) is 19.4. The Morgan fingerprint density at radius 1 is 1.33 bits per heavy atom. The number of likely N-dealkylation sites (tertiary alicyclic amines) is 1. The highest BCUT2D eigenvalue weighted by Crippen LogP contribution is 2.29. The second-order valence-electron chi connectivity index (χ2n) is 7.27. The Hall–Kier alpha value is -2.41. The molecular weight excluding hydrogens is 344 g/mol. The van der Waals surface area contributed by atoms with Gasteiger partial charge in [-0.25, -0.2) is 0 Å². The monoisotopic (exact) mass is 370 g/mol. The van der Waals surface area contributed by atoms with Crippen molar-refractivity contribution in [2.75, 3.05) is 44.8 Å². The number of methoxy groups -OCH3 is 1. The summed E-state index contributed by atoms with van der Waals surface area (Å²) in [5.41, 5.74) is 2.52. The third kappa shape index (κ3) is 3.98. The molecule has 2 aliphatic heterocycles. The molecule has 0 radical (unpaired) electrons. The van der Waals surface area contributed by atoms with Crippen molar-refractivity contribution in [1.82, 2.24) is 15.0 Å². The molecule has 7 heteroatoms. The number of hydrogen-bond donors (Lipinski definition) is 0. The lowest BCUT2D eigenvalue weighted by Gasteiger charge is -2.32. The van der Waals surface area contributed by atoms with Gasteiger partial charge in [0.05, 0.1) is 19.1 Å². The summed E-state index contributed by atoms with van der Waals surface area (Å²) >= 11 is 0. The van der Waals surface area contributed by atoms with Crippen LogP contribution in [0.1, 0.15) is 36.0 Å². The second kappa shape index (κ2) is 8.08. The first-order chi connectivity index (χ1) is 13.2. The van der Waals surface area contributed by atoms with Gasteiger partial charge < -0.3 is 19.1 Å². The number of carbonyl (C=O) groups is 1. The summed E-state index contributed by atoms with van der Waals surface area (Å²) in [6.07, 6.45) is 3.59. The summed E-state index contributed by atoms with van der Waals surface area (Å²) in [7, 11) is 1.66. The van der Waals surface area contributed by atoms with Crippen LogP contribution in [0.5, 0.6) is 0 Å². The summed E-state index contributed by atoms with van der Waals surface area (Å²) in [6.45, 7) is 3.38. The molecule has 3 heterocycles. The number of hydrogen-bond acceptors (Lipinski definition) is 6. The number of aromatic nitrogens is 2. The molecule has 1 amide bonds. The number of carbonyl (C=O) groups excluding carboxylic acids is 1. The summed E-state index contributed by atoms with van der Waals surface area (Å²) in [5.74, 6) is 1.61. The van der Waals surface area contributed by atoms with Crippen LogP contribution < -0.4 is 4.90 Å². The van der Waals surface area contributed by atoms with Gasteiger partial charge in [-0.2, -0.15) is 4.98 Å². The minimum absolute atomic E-state index is 0.123. The van der Waals surface area contributed by atoms with Gasteiger partial charge in [0, 0.05) is 38.9 Å². The molecule has 0 unspecified atom stereocenters. The molecule has 0 spiro atoms. The number of benzene rings is 1. The van der Waals surface area contributed by atoms with Gasteiger partial charge in [0.25, 0.3) is 0 Å². The zero-order chi connectivity index (χ0) is 18.6. The van der Waals surface area contributed by atoms with Crippen LogP contribution in [-0.4, -0.2) is 60.8 Å². The fourth-order valence-corrected chi connectivity index (χ4v) is 3.97. The molecule has 1 atom stereocenters. The third-order valence-electron chi connectivity index (χ3n) is 5.45. The van der Waals surface area contributed by atoms with Gasteiger partial charge in [0.2, 0.25) is 11.8 Å². The summed E-state index contributed by atoms with van der Waals surface area (Å²) < 4.78 is 10.5. The molecule has 1 aromatic carbocycles. The highest BCUT2D eigenvalue weighted by molar-refractivity contribution is 5.82. The molecule has 1 saturated heterocycles. The van der Waals surface area contributed by atoms with Gasteiger partial charge in [0.15, 0.2) is 5.82 Å². The van der Waals surface area contributed by atoms with Crippen LogP contribution in [0.25, 0.3) is 0 Å². The fourth-order valence-electron chi connectivity index (χ4n) is 3.97. The Morgan fingerprint density at radius 2 is 2.22 bits per heavy atom. The average Bonchev–Trinajstić information content (AvgIpc) is 3.34. The topological polar surface area (TPSA) is 71.7 Å². The summed E-state index contributed by atoms with van der Waals surface area (Å²) in [5, 5.41) is 4.03. The van der Waals surface area contributed by atoms with E-state index in [0.29, 0.717) is 37.8 Å². The van der Waals surface area contributed by atoms with E-state index in [1.54, 1.807) is 7.11 Å². The Kier molecular flexibility index (Phi) is 5.38. The minimum atomic E-state index is 0.123. The largest absolute Gasteiger partial charge is 0.384 e. The molecule has 4 rings (SSSR count). The first-order valence-corrected chi connectivity index (χ1v) is 9.66. The maximum atomic E-state index is 12.9. The molecule has 1 aromatic heterocycles. The van der Waals surface area contributed by atoms with Gasteiger partial charge >= 0.3 is 0 Å². The first kappa shape index (κ1) is 18.0. The Labute approximate surface area is 159 Å². The maximum absolute atomic E-state index is 12.9. The fraction of sp³-hybridized carbons (Fsp3) is 0.550. The number of amides is 1. The van der Waals surface area contributed by atoms with E-state index in [-0.39, 0.29) is 11.8 Å². The van der Waals surface area contributed by atoms with Crippen LogP contribution in [0.4, 0.5) is 5.69 Å². The molecule has 0 saturated carbocycles. The number of rotatable bonds is 6. The highest BCUT2D eigenvalue weighted by atomic mass is 16.5. The molecule has 0 aliphatic carbocycles. The molecule has 0 N–H and O–H groups in total. The van der Waals surface area contributed by atoms with Crippen molar-refractivity contribution in [1.29, 1.82) is 0 Å². The zero-order valence-electron chi connectivity index (χ0n) is 15.8. The molecule has 0 bridgehead atoms. The Bertz CT molecular complexity index is 791. The predicted octanol–water partition coefficient (Wildman–Crippen LogP) is 2.03. The Morgan fingerprint density at radius 3 is 3.11 bits per heavy atom. The van der Waals surface area contributed by atoms with E-state index in [9.17, 15) is 4.79 Å². The summed E-state index contributed by atoms with van der Waals surface area (Å²) in [4.78, 5) is 21.5. The van der Waals surface area contributed by atoms with Crippen LogP contribution in [0.2, 0.25) is 0 Å². The van der Waals surface area contributed by atoms with E-state index >= 15 is 0 Å². The lowest BCUT2D eigenvalue weighted by Crippen LogP contribution is -2.44. The number of para-hydroxylation sites is 1. The van der Waals surface area contributed by atoms with Gasteiger partial charge in [-0.3, -0.25) is 4.79 Å². The third-order valence-corrected chi connectivity index (χ3v) is 5.45. The zero-order valence-corrected chi connectivity index (χ0v) is 15.8. The molecular formula is C20H26N4O3. The van der Waals surface area contributed by atoms with E-state index in [4.69, 9.17) is 9.26 Å². The second-order valence-corrected chi connectivity index (χ2v) is 7.27. The van der Waals surface area contributed by atoms with Crippen molar-refractivity contribution in [3.63, 3.8) is 0 Å². The van der Waals surface area contributed by atoms with Crippen molar-refractivity contribution in [3.05, 3.63) is 41.5 Å². The molecule has 27 heavy (non-hydrogen) atoms. The number of piperidine rings is 1. The highest BCUT2D eigenvalue weighted by Gasteiger charge is 2.30. The quantitative estimate of drug-likeness (QED) is 0.775. The lowest BCUT2D eigenvalue weighted by molar-refractivity contribution is -0.131. The lowest BCUT2D eigenvalue weighted by atomic mass is 9.98. The van der Waals surface area contributed by atoms with E-state index in [0.717, 1.165) is 32.4 Å². The molecule has 1 fully saturated rings. The number of anilines is 1. The van der Waals surface area contributed by atoms with Crippen molar-refractivity contribution in [2.24, 2.45) is 0 Å². The minimum Gasteiger partial charge on any atom is -0.384 e. The van der Waals surface area contributed by atoms with E-state index < -0.39 is 0 Å². The van der Waals surface area contributed by atoms with E-state index in [2.05, 4.69) is 33.2 Å². The van der Waals surface area contributed by atoms with E-state index in [1.165, 1.54) is 11.3 Å². The van der Waals surface area contributed by atoms with Crippen LogP contribution in [0.3, 0.4) is 0 Å². The van der Waals surface area contributed by atoms with Gasteiger partial charge in [-0.15, -0.1) is 0 Å². The SMILES string of the molecule is COCCc1noc([C@@H]2CCCN(C(=O)CN3CCc4ccccc43)C2)n1. The predicted molar refractivity (Wildman–Crippen MR) is 101 cm³/mol. The van der Waals surface area contributed by atoms with Crippen LogP contribution in [0, 0.1) is 0 Å². The van der Waals surface area contributed by atoms with Crippen molar-refractivity contribution < 1.29 is 14.1 Å². The average molecular weight is 370 g/mol. The van der Waals surface area contributed by atoms with Crippen LogP contribution >= 0.6 is 0 Å². The Balaban J connectivity index is 1.37. The molecule has 2 aromatic rings. The van der Waals surface area contributed by atoms with Crippen LogP contribution in [-0.2, 0) is 22.4 Å². The molecule has 7 nitrogen and oxygen atoms in total. The van der Waals surface area contributed by atoms with Crippen molar-refractivity contribution in [3.8, 4) is 0 Å². The van der Waals surface area contributed by atoms with Crippen molar-refractivity contribution in [2.45, 2.75) is 31.6 Å². The van der Waals surface area contributed by atoms with Gasteiger partial charge in [-0.1, -0.05) is 23.4 Å². The first-order valence-electron chi connectivity index (χ1n) is 9.66. The standard InChI is InChI=1S/C20H26N4O3/c1-26-12-9-18-21-20(27-22-18)16-6-4-10-24(13-16)19(25)14-23-11-8-15-5-2-3-7-17(15)23/h2-3,5,7,16H,4,6,8-14H2,1H3/t16-/m1/s1. The number of nitrogens with zero attached hydrogens (tertiary/aromatic N) is 4. The van der Waals surface area contributed by atoms with Crippen LogP contribution in [0.15, 0.2) is 28.8 Å². The smallest absolute Gasteiger partial charge is 0.242 e. The number of ether oxygens (including phenoxy) is 1. The van der Waals surface area contributed by atoms with Gasteiger partial charge in [-0.05, 0) is 30.9 Å². The van der Waals surface area contributed by atoms with E-state index in [1.807, 2.05) is 11.0 Å². The molecule has 2 aliphatic rings.